The maximum atomic E-state index is 11.6. The second-order valence-corrected chi connectivity index (χ2v) is 3.61. The number of carbonyl (C=O) groups is 1. The van der Waals surface area contributed by atoms with E-state index in [9.17, 15) is 4.79 Å². The van der Waals surface area contributed by atoms with E-state index in [1.54, 1.807) is 4.90 Å². The van der Waals surface area contributed by atoms with Gasteiger partial charge in [-0.2, -0.15) is 0 Å². The van der Waals surface area contributed by atoms with E-state index >= 15 is 0 Å². The van der Waals surface area contributed by atoms with Crippen molar-refractivity contribution in [2.45, 2.75) is 12.8 Å². The first-order valence-electron chi connectivity index (χ1n) is 5.02. The first kappa shape index (κ1) is 9.98. The summed E-state index contributed by atoms with van der Waals surface area (Å²) >= 11 is 0. The van der Waals surface area contributed by atoms with Gasteiger partial charge in [-0.3, -0.25) is 4.79 Å². The van der Waals surface area contributed by atoms with Crippen LogP contribution in [0, 0.1) is 0 Å². The Morgan fingerprint density at radius 1 is 1.40 bits per heavy atom. The molecule has 3 N–H and O–H groups in total. The number of benzene rings is 1. The van der Waals surface area contributed by atoms with Crippen LogP contribution >= 0.6 is 0 Å². The zero-order valence-corrected chi connectivity index (χ0v) is 8.44. The lowest BCUT2D eigenvalue weighted by atomic mass is 9.99. The highest BCUT2D eigenvalue weighted by atomic mass is 16.3. The molecule has 1 aliphatic rings. The molecule has 0 unspecified atom stereocenters. The van der Waals surface area contributed by atoms with Crippen molar-refractivity contribution in [2.75, 3.05) is 23.8 Å². The summed E-state index contributed by atoms with van der Waals surface area (Å²) in [5.41, 5.74) is 8.44. The van der Waals surface area contributed by atoms with E-state index in [1.807, 2.05) is 18.2 Å². The van der Waals surface area contributed by atoms with Crippen molar-refractivity contribution in [3.63, 3.8) is 0 Å². The number of aliphatic hydroxyl groups excluding tert-OH is 1. The Kier molecular flexibility index (Phi) is 2.60. The van der Waals surface area contributed by atoms with E-state index in [0.29, 0.717) is 19.4 Å². The van der Waals surface area contributed by atoms with Crippen LogP contribution in [0.2, 0.25) is 0 Å². The number of hydrogen-bond acceptors (Lipinski definition) is 3. The molecule has 2 rings (SSSR count). The van der Waals surface area contributed by atoms with Crippen LogP contribution in [0.1, 0.15) is 12.0 Å². The van der Waals surface area contributed by atoms with Gasteiger partial charge in [0.2, 0.25) is 5.91 Å². The van der Waals surface area contributed by atoms with Gasteiger partial charge in [-0.1, -0.05) is 6.07 Å². The molecule has 1 heterocycles. The number of fused-ring (bicyclic) bond motifs is 1. The molecular formula is C11H14N2O2. The molecule has 15 heavy (non-hydrogen) atoms. The minimum Gasteiger partial charge on any atom is -0.398 e. The normalized spacial score (nSPS) is 15.3. The van der Waals surface area contributed by atoms with Crippen molar-refractivity contribution in [1.82, 2.24) is 0 Å². The van der Waals surface area contributed by atoms with Gasteiger partial charge < -0.3 is 15.7 Å². The Labute approximate surface area is 88.3 Å². The molecule has 0 atom stereocenters. The fourth-order valence-corrected chi connectivity index (χ4v) is 1.96. The summed E-state index contributed by atoms with van der Waals surface area (Å²) in [6.07, 6.45) is 1.17. The summed E-state index contributed by atoms with van der Waals surface area (Å²) < 4.78 is 0. The summed E-state index contributed by atoms with van der Waals surface area (Å²) in [5, 5.41) is 8.91. The third-order valence-corrected chi connectivity index (χ3v) is 2.69. The minimum atomic E-state index is -0.0278. The van der Waals surface area contributed by atoms with Crippen molar-refractivity contribution in [1.29, 1.82) is 0 Å². The second-order valence-electron chi connectivity index (χ2n) is 3.61. The molecule has 1 aromatic carbocycles. The lowest BCUT2D eigenvalue weighted by Gasteiger charge is -2.29. The summed E-state index contributed by atoms with van der Waals surface area (Å²) in [5.74, 6) is 0.0575. The smallest absolute Gasteiger partial charge is 0.227 e. The van der Waals surface area contributed by atoms with E-state index in [4.69, 9.17) is 10.8 Å². The van der Waals surface area contributed by atoms with Crippen LogP contribution in [0.5, 0.6) is 0 Å². The fourth-order valence-electron chi connectivity index (χ4n) is 1.96. The fraction of sp³-hybridized carbons (Fsp3) is 0.364. The Bertz CT molecular complexity index is 390. The quantitative estimate of drug-likeness (QED) is 0.694. The van der Waals surface area contributed by atoms with E-state index in [-0.39, 0.29) is 12.5 Å². The number of nitrogens with two attached hydrogens (primary N) is 1. The van der Waals surface area contributed by atoms with E-state index in [1.165, 1.54) is 0 Å². The molecule has 0 bridgehead atoms. The van der Waals surface area contributed by atoms with Crippen molar-refractivity contribution < 1.29 is 9.90 Å². The van der Waals surface area contributed by atoms with Crippen molar-refractivity contribution in [3.8, 4) is 0 Å². The highest BCUT2D eigenvalue weighted by molar-refractivity contribution is 5.97. The van der Waals surface area contributed by atoms with Gasteiger partial charge in [0.15, 0.2) is 0 Å². The molecule has 0 aliphatic carbocycles. The van der Waals surface area contributed by atoms with Gasteiger partial charge in [0.25, 0.3) is 0 Å². The highest BCUT2D eigenvalue weighted by Gasteiger charge is 2.24. The number of β-amino-alcohol motifs (C(OH)–C–C–N with tert-alkyl or cyclic N) is 1. The largest absolute Gasteiger partial charge is 0.398 e. The number of nitrogen functional groups attached to an aromatic ring is 1. The molecule has 1 aliphatic heterocycles. The van der Waals surface area contributed by atoms with Gasteiger partial charge in [-0.25, -0.2) is 0 Å². The Balaban J connectivity index is 2.43. The minimum absolute atomic E-state index is 0.0278. The molecule has 4 heteroatoms. The number of aliphatic hydroxyl groups is 1. The van der Waals surface area contributed by atoms with Gasteiger partial charge in [0.1, 0.15) is 0 Å². The number of amides is 1. The number of carbonyl (C=O) groups excluding carboxylic acids is 1. The average Bonchev–Trinajstić information content (AvgIpc) is 2.23. The SMILES string of the molecule is Nc1cccc2c1CCC(=O)N2CCO. The van der Waals surface area contributed by atoms with Gasteiger partial charge in [0.05, 0.1) is 6.61 Å². The monoisotopic (exact) mass is 206 g/mol. The van der Waals surface area contributed by atoms with E-state index in [0.717, 1.165) is 16.9 Å². The molecule has 0 aromatic heterocycles. The summed E-state index contributed by atoms with van der Waals surface area (Å²) in [7, 11) is 0. The van der Waals surface area contributed by atoms with Gasteiger partial charge in [-0.15, -0.1) is 0 Å². The molecule has 1 amide bonds. The molecule has 80 valence electrons. The van der Waals surface area contributed by atoms with Gasteiger partial charge in [0, 0.05) is 24.3 Å². The second kappa shape index (κ2) is 3.90. The molecule has 0 spiro atoms. The standard InChI is InChI=1S/C11H14N2O2/c12-9-2-1-3-10-8(9)4-5-11(15)13(10)6-7-14/h1-3,14H,4-7,12H2. The summed E-state index contributed by atoms with van der Waals surface area (Å²) in [6.45, 7) is 0.315. The number of anilines is 2. The Morgan fingerprint density at radius 2 is 2.20 bits per heavy atom. The van der Waals surface area contributed by atoms with Crippen molar-refractivity contribution in [2.24, 2.45) is 0 Å². The van der Waals surface area contributed by atoms with Gasteiger partial charge >= 0.3 is 0 Å². The molecule has 4 nitrogen and oxygen atoms in total. The van der Waals surface area contributed by atoms with Crippen molar-refractivity contribution >= 4 is 17.3 Å². The van der Waals surface area contributed by atoms with E-state index in [2.05, 4.69) is 0 Å². The third-order valence-electron chi connectivity index (χ3n) is 2.69. The Hall–Kier alpha value is -1.55. The molecule has 0 fully saturated rings. The number of hydrogen-bond donors (Lipinski definition) is 2. The van der Waals surface area contributed by atoms with Crippen LogP contribution in [0.25, 0.3) is 0 Å². The average molecular weight is 206 g/mol. The lowest BCUT2D eigenvalue weighted by molar-refractivity contribution is -0.119. The first-order valence-corrected chi connectivity index (χ1v) is 5.02. The topological polar surface area (TPSA) is 66.6 Å². The predicted molar refractivity (Wildman–Crippen MR) is 58.6 cm³/mol. The zero-order valence-electron chi connectivity index (χ0n) is 8.44. The predicted octanol–water partition coefficient (Wildman–Crippen LogP) is 0.540. The van der Waals surface area contributed by atoms with Gasteiger partial charge in [-0.05, 0) is 24.1 Å². The Morgan fingerprint density at radius 3 is 2.93 bits per heavy atom. The molecule has 0 radical (unpaired) electrons. The molecule has 0 saturated heterocycles. The van der Waals surface area contributed by atoms with E-state index < -0.39 is 0 Å². The third kappa shape index (κ3) is 1.68. The van der Waals surface area contributed by atoms with Crippen LogP contribution in [0.15, 0.2) is 18.2 Å². The maximum Gasteiger partial charge on any atom is 0.227 e. The summed E-state index contributed by atoms with van der Waals surface area (Å²) in [6, 6.07) is 5.54. The van der Waals surface area contributed by atoms with Crippen LogP contribution in [0.4, 0.5) is 11.4 Å². The first-order chi connectivity index (χ1) is 7.24. The zero-order chi connectivity index (χ0) is 10.8. The molecular weight excluding hydrogens is 192 g/mol. The maximum absolute atomic E-state index is 11.6. The molecule has 1 aromatic rings. The highest BCUT2D eigenvalue weighted by Crippen LogP contribution is 2.31. The van der Waals surface area contributed by atoms with Crippen LogP contribution < -0.4 is 10.6 Å². The molecule has 0 saturated carbocycles. The van der Waals surface area contributed by atoms with Crippen LogP contribution in [0.3, 0.4) is 0 Å². The van der Waals surface area contributed by atoms with Crippen LogP contribution in [-0.2, 0) is 11.2 Å². The number of rotatable bonds is 2. The lowest BCUT2D eigenvalue weighted by Crippen LogP contribution is -2.37. The number of nitrogens with zero attached hydrogens (tertiary/aromatic N) is 1. The van der Waals surface area contributed by atoms with Crippen molar-refractivity contribution in [3.05, 3.63) is 23.8 Å². The van der Waals surface area contributed by atoms with Crippen LogP contribution in [-0.4, -0.2) is 24.2 Å². The summed E-state index contributed by atoms with van der Waals surface area (Å²) in [4.78, 5) is 13.2.